The van der Waals surface area contributed by atoms with Gasteiger partial charge in [0.2, 0.25) is 0 Å². The molecular weight excluding hydrogens is 215 g/mol. The molecule has 0 heterocycles. The second-order valence-corrected chi connectivity index (χ2v) is 4.59. The van der Waals surface area contributed by atoms with Gasteiger partial charge in [-0.05, 0) is 6.42 Å². The van der Waals surface area contributed by atoms with Gasteiger partial charge in [0.05, 0.1) is 5.92 Å². The molecule has 0 radical (unpaired) electrons. The summed E-state index contributed by atoms with van der Waals surface area (Å²) < 4.78 is 0. The smallest absolute Gasteiger partial charge is 0.404 e. The van der Waals surface area contributed by atoms with Gasteiger partial charge in [-0.25, -0.2) is 0 Å². The van der Waals surface area contributed by atoms with Crippen LogP contribution in [0, 0.1) is 5.92 Å². The van der Waals surface area contributed by atoms with Gasteiger partial charge in [-0.15, -0.1) is 0 Å². The fourth-order valence-corrected chi connectivity index (χ4v) is 1.82. The number of carboxylic acids is 2. The SMILES string of the molecule is O=C(O)CCC(C[P+](O)(O)O)C(=O)O. The summed E-state index contributed by atoms with van der Waals surface area (Å²) in [7, 11) is -4.16. The van der Waals surface area contributed by atoms with Crippen LogP contribution in [-0.2, 0) is 9.59 Å². The van der Waals surface area contributed by atoms with Crippen molar-refractivity contribution in [2.45, 2.75) is 12.8 Å². The largest absolute Gasteiger partial charge is 0.481 e. The summed E-state index contributed by atoms with van der Waals surface area (Å²) in [5.74, 6) is -3.78. The van der Waals surface area contributed by atoms with E-state index in [1.807, 2.05) is 0 Å². The number of rotatable bonds is 6. The summed E-state index contributed by atoms with van der Waals surface area (Å²) in [6.07, 6.45) is -1.35. The highest BCUT2D eigenvalue weighted by molar-refractivity contribution is 7.58. The summed E-state index contributed by atoms with van der Waals surface area (Å²) in [6.45, 7) is 0. The molecule has 0 aliphatic heterocycles. The molecular formula is C6H12O7P+. The molecule has 0 aromatic carbocycles. The standard InChI is InChI=1S/C6H11O7P/c7-5(8)2-1-4(6(9)10)3-14(11,12)13/h4,11-13H,1-3H2,(H-,7,8,9,10)/p+1. The van der Waals surface area contributed by atoms with Gasteiger partial charge in [-0.2, -0.15) is 14.7 Å². The lowest BCUT2D eigenvalue weighted by Gasteiger charge is -2.10. The van der Waals surface area contributed by atoms with Crippen LogP contribution in [-0.4, -0.2) is 43.0 Å². The summed E-state index contributed by atoms with van der Waals surface area (Å²) in [4.78, 5) is 46.4. The third-order valence-corrected chi connectivity index (χ3v) is 2.45. The van der Waals surface area contributed by atoms with Gasteiger partial charge >= 0.3 is 19.9 Å². The minimum Gasteiger partial charge on any atom is -0.481 e. The zero-order valence-electron chi connectivity index (χ0n) is 7.20. The minimum atomic E-state index is -4.16. The van der Waals surface area contributed by atoms with Crippen LogP contribution in [0.2, 0.25) is 0 Å². The van der Waals surface area contributed by atoms with E-state index in [1.54, 1.807) is 0 Å². The zero-order chi connectivity index (χ0) is 11.4. The van der Waals surface area contributed by atoms with E-state index < -0.39 is 38.4 Å². The fraction of sp³-hybridized carbons (Fsp3) is 0.667. The van der Waals surface area contributed by atoms with E-state index in [2.05, 4.69) is 0 Å². The number of hydrogen-bond donors (Lipinski definition) is 5. The molecule has 0 bridgehead atoms. The Bertz CT molecular complexity index is 221. The highest BCUT2D eigenvalue weighted by atomic mass is 31.2. The molecule has 0 spiro atoms. The van der Waals surface area contributed by atoms with Gasteiger partial charge < -0.3 is 10.2 Å². The first-order valence-corrected chi connectivity index (χ1v) is 5.56. The molecule has 0 aliphatic rings. The van der Waals surface area contributed by atoms with Crippen LogP contribution in [0.4, 0.5) is 0 Å². The number of hydrogen-bond acceptors (Lipinski definition) is 5. The highest BCUT2D eigenvalue weighted by Gasteiger charge is 2.37. The quantitative estimate of drug-likeness (QED) is 0.378. The normalized spacial score (nSPS) is 13.6. The average molecular weight is 227 g/mol. The molecule has 1 unspecified atom stereocenters. The molecule has 0 fully saturated rings. The molecule has 0 aliphatic carbocycles. The molecule has 0 aromatic rings. The molecule has 8 heteroatoms. The van der Waals surface area contributed by atoms with E-state index in [9.17, 15) is 9.59 Å². The molecule has 5 N–H and O–H groups in total. The van der Waals surface area contributed by atoms with Crippen molar-refractivity contribution in [3.8, 4) is 0 Å². The lowest BCUT2D eigenvalue weighted by molar-refractivity contribution is -0.142. The average Bonchev–Trinajstić information content (AvgIpc) is 1.94. The van der Waals surface area contributed by atoms with E-state index in [-0.39, 0.29) is 6.42 Å². The van der Waals surface area contributed by atoms with Crippen molar-refractivity contribution >= 4 is 19.9 Å². The molecule has 0 amide bonds. The molecule has 14 heavy (non-hydrogen) atoms. The Balaban J connectivity index is 4.17. The van der Waals surface area contributed by atoms with Crippen molar-refractivity contribution in [3.05, 3.63) is 0 Å². The van der Waals surface area contributed by atoms with Gasteiger partial charge in [0.25, 0.3) is 0 Å². The van der Waals surface area contributed by atoms with Gasteiger partial charge in [0.1, 0.15) is 0 Å². The monoisotopic (exact) mass is 227 g/mol. The van der Waals surface area contributed by atoms with Gasteiger partial charge in [-0.1, -0.05) is 0 Å². The second kappa shape index (κ2) is 5.21. The maximum atomic E-state index is 10.5. The molecule has 82 valence electrons. The van der Waals surface area contributed by atoms with E-state index in [1.165, 1.54) is 0 Å². The lowest BCUT2D eigenvalue weighted by atomic mass is 10.1. The van der Waals surface area contributed by atoms with Gasteiger partial charge in [-0.3, -0.25) is 9.59 Å². The molecule has 7 nitrogen and oxygen atoms in total. The van der Waals surface area contributed by atoms with Gasteiger partial charge in [0, 0.05) is 6.42 Å². The topological polar surface area (TPSA) is 135 Å². The minimum absolute atomic E-state index is 0.242. The van der Waals surface area contributed by atoms with Gasteiger partial charge in [0.15, 0.2) is 6.16 Å². The van der Waals surface area contributed by atoms with E-state index in [4.69, 9.17) is 24.9 Å². The van der Waals surface area contributed by atoms with Crippen molar-refractivity contribution in [1.82, 2.24) is 0 Å². The summed E-state index contributed by atoms with van der Waals surface area (Å²) in [5, 5.41) is 16.8. The Hall–Kier alpha value is -0.750. The first kappa shape index (κ1) is 13.2. The van der Waals surface area contributed by atoms with Crippen LogP contribution < -0.4 is 0 Å². The van der Waals surface area contributed by atoms with Crippen molar-refractivity contribution in [2.75, 3.05) is 6.16 Å². The van der Waals surface area contributed by atoms with Crippen LogP contribution in [0.25, 0.3) is 0 Å². The van der Waals surface area contributed by atoms with Crippen molar-refractivity contribution in [1.29, 1.82) is 0 Å². The Morgan fingerprint density at radius 2 is 1.64 bits per heavy atom. The Kier molecular flexibility index (Phi) is 4.93. The lowest BCUT2D eigenvalue weighted by Crippen LogP contribution is -2.20. The predicted octanol–water partition coefficient (Wildman–Crippen LogP) is -0.708. The van der Waals surface area contributed by atoms with Crippen LogP contribution in [0.15, 0.2) is 0 Å². The fourth-order valence-electron chi connectivity index (χ4n) is 0.886. The van der Waals surface area contributed by atoms with E-state index >= 15 is 0 Å². The molecule has 0 aromatic heterocycles. The maximum absolute atomic E-state index is 10.5. The molecule has 1 atom stereocenters. The summed E-state index contributed by atoms with van der Waals surface area (Å²) in [6, 6.07) is 0. The number of carboxylic acid groups (broad SMARTS) is 2. The first-order valence-electron chi connectivity index (χ1n) is 3.73. The van der Waals surface area contributed by atoms with Crippen LogP contribution in [0.5, 0.6) is 0 Å². The molecule has 0 rings (SSSR count). The Labute approximate surface area is 80.2 Å². The predicted molar refractivity (Wildman–Crippen MR) is 46.4 cm³/mol. The third kappa shape index (κ3) is 6.73. The Morgan fingerprint density at radius 1 is 1.14 bits per heavy atom. The van der Waals surface area contributed by atoms with E-state index in [0.717, 1.165) is 0 Å². The Morgan fingerprint density at radius 3 is 1.93 bits per heavy atom. The van der Waals surface area contributed by atoms with Crippen molar-refractivity contribution in [3.63, 3.8) is 0 Å². The molecule has 0 saturated heterocycles. The third-order valence-electron chi connectivity index (χ3n) is 1.52. The summed E-state index contributed by atoms with van der Waals surface area (Å²) in [5.41, 5.74) is 0. The van der Waals surface area contributed by atoms with Crippen LogP contribution in [0.1, 0.15) is 12.8 Å². The highest BCUT2D eigenvalue weighted by Crippen LogP contribution is 2.46. The first-order chi connectivity index (χ1) is 6.22. The van der Waals surface area contributed by atoms with Crippen LogP contribution >= 0.6 is 7.94 Å². The van der Waals surface area contributed by atoms with Crippen molar-refractivity contribution < 1.29 is 34.5 Å². The van der Waals surface area contributed by atoms with Crippen LogP contribution in [0.3, 0.4) is 0 Å². The number of carbonyl (C=O) groups is 2. The second-order valence-electron chi connectivity index (χ2n) is 2.84. The molecule has 0 saturated carbocycles. The maximum Gasteiger partial charge on any atom is 0.404 e. The zero-order valence-corrected chi connectivity index (χ0v) is 8.09. The van der Waals surface area contributed by atoms with E-state index in [0.29, 0.717) is 0 Å². The summed E-state index contributed by atoms with van der Waals surface area (Å²) >= 11 is 0. The van der Waals surface area contributed by atoms with Crippen molar-refractivity contribution in [2.24, 2.45) is 5.92 Å². The number of aliphatic carboxylic acids is 2.